The van der Waals surface area contributed by atoms with Crippen molar-refractivity contribution in [3.8, 4) is 5.88 Å². The zero-order valence-corrected chi connectivity index (χ0v) is 24.6. The van der Waals surface area contributed by atoms with Crippen LogP contribution >= 0.6 is 0 Å². The zero-order valence-electron chi connectivity index (χ0n) is 24.6. The van der Waals surface area contributed by atoms with E-state index in [1.54, 1.807) is 0 Å². The average molecular weight is 687 g/mol. The quantitative estimate of drug-likeness (QED) is 0.210. The molecule has 19 heteroatoms. The first kappa shape index (κ1) is 35.5. The molecule has 0 unspecified atom stereocenters. The number of carbonyl (C=O) groups excluding carboxylic acids is 2. The second-order valence-electron chi connectivity index (χ2n) is 11.0. The summed E-state index contributed by atoms with van der Waals surface area (Å²) in [5.74, 6) is -8.64. The summed E-state index contributed by atoms with van der Waals surface area (Å²) in [7, 11) is 1.31. The van der Waals surface area contributed by atoms with E-state index < -0.39 is 78.8 Å². The second kappa shape index (κ2) is 13.4. The number of fused-ring (bicyclic) bond motifs is 1. The van der Waals surface area contributed by atoms with Gasteiger partial charge in [-0.05, 0) is 49.4 Å². The summed E-state index contributed by atoms with van der Waals surface area (Å²) in [4.78, 5) is 32.9. The fourth-order valence-corrected chi connectivity index (χ4v) is 4.96. The van der Waals surface area contributed by atoms with Crippen molar-refractivity contribution < 1.29 is 58.2 Å². The molecule has 9 nitrogen and oxygen atoms in total. The summed E-state index contributed by atoms with van der Waals surface area (Å²) in [6.45, 7) is -1.37. The van der Waals surface area contributed by atoms with Crippen molar-refractivity contribution >= 4 is 34.6 Å². The molecule has 47 heavy (non-hydrogen) atoms. The molecule has 2 heterocycles. The first-order valence-electron chi connectivity index (χ1n) is 14.0. The van der Waals surface area contributed by atoms with Gasteiger partial charge in [0.05, 0.1) is 17.2 Å². The third-order valence-corrected chi connectivity index (χ3v) is 7.41. The highest BCUT2D eigenvalue weighted by atomic mass is 19.4. The van der Waals surface area contributed by atoms with Gasteiger partial charge in [0.25, 0.3) is 18.2 Å². The lowest BCUT2D eigenvalue weighted by atomic mass is 9.85. The van der Waals surface area contributed by atoms with Gasteiger partial charge >= 0.3 is 18.3 Å². The lowest BCUT2D eigenvalue weighted by molar-refractivity contribution is -0.182. The summed E-state index contributed by atoms with van der Waals surface area (Å²) in [6, 6.07) is 3.02. The molecule has 1 aliphatic carbocycles. The highest BCUT2D eigenvalue weighted by Gasteiger charge is 2.42. The van der Waals surface area contributed by atoms with Crippen LogP contribution in [0, 0.1) is 5.92 Å². The number of nitrogens with zero attached hydrogens (tertiary/aromatic N) is 3. The van der Waals surface area contributed by atoms with Crippen molar-refractivity contribution in [2.45, 2.75) is 69.9 Å². The Kier molecular flexibility index (Phi) is 10.1. The largest absolute Gasteiger partial charge is 0.471 e. The van der Waals surface area contributed by atoms with Gasteiger partial charge in [0.15, 0.2) is 12.3 Å². The number of pyridine rings is 1. The van der Waals surface area contributed by atoms with E-state index in [0.717, 1.165) is 22.8 Å². The summed E-state index contributed by atoms with van der Waals surface area (Å²) in [6.07, 6.45) is -12.7. The number of aromatic nitrogens is 3. The van der Waals surface area contributed by atoms with Crippen LogP contribution in [0.3, 0.4) is 0 Å². The summed E-state index contributed by atoms with van der Waals surface area (Å²) in [5, 5.41) is 6.95. The standard InChI is InChI=1S/C28H28F10N6O3/c1-26(31,32)24(46)39-11-13-3-8-17(28(36,37)38)18(9-13)41-25-42-19-10-16(23(47-12-20(29)30)43-21(19)44(25)2)22(45)40-15-6-4-14(5-7-15)27(33,34)35/h3,8-10,14-15,20H,4-7,11-12H2,1-2H3,(H,39,46)(H,40,45)(H,41,42)/t14-,15-. The molecule has 1 saturated carbocycles. The Morgan fingerprint density at radius 1 is 1.00 bits per heavy atom. The highest BCUT2D eigenvalue weighted by Crippen LogP contribution is 2.39. The maximum atomic E-state index is 13.8. The van der Waals surface area contributed by atoms with Gasteiger partial charge in [-0.15, -0.1) is 0 Å². The van der Waals surface area contributed by atoms with Gasteiger partial charge in [0.2, 0.25) is 11.8 Å². The molecule has 1 aromatic carbocycles. The van der Waals surface area contributed by atoms with Crippen LogP contribution in [0.15, 0.2) is 24.3 Å². The second-order valence-corrected chi connectivity index (χ2v) is 11.0. The van der Waals surface area contributed by atoms with E-state index in [1.165, 1.54) is 7.05 Å². The molecular formula is C28H28F10N6O3. The van der Waals surface area contributed by atoms with Crippen molar-refractivity contribution in [1.82, 2.24) is 25.2 Å². The Bertz CT molecular complexity index is 1610. The molecule has 3 aromatic rings. The monoisotopic (exact) mass is 686 g/mol. The Balaban J connectivity index is 1.65. The minimum atomic E-state index is -4.90. The zero-order chi connectivity index (χ0) is 34.9. The Hall–Kier alpha value is -4.32. The van der Waals surface area contributed by atoms with Crippen molar-refractivity contribution in [3.05, 3.63) is 41.0 Å². The average Bonchev–Trinajstić information content (AvgIpc) is 3.26. The predicted molar refractivity (Wildman–Crippen MR) is 146 cm³/mol. The smallest absolute Gasteiger partial charge is 0.418 e. The lowest BCUT2D eigenvalue weighted by Crippen LogP contribution is -2.40. The van der Waals surface area contributed by atoms with Gasteiger partial charge in [0, 0.05) is 26.6 Å². The molecule has 4 rings (SSSR count). The minimum Gasteiger partial charge on any atom is -0.471 e. The number of alkyl halides is 10. The van der Waals surface area contributed by atoms with E-state index in [9.17, 15) is 53.5 Å². The SMILES string of the molecule is Cn1c(Nc2cc(CNC(=O)C(C)(F)F)ccc2C(F)(F)F)nc2cc(C(=O)N[C@H]3CC[C@H](C(F)(F)F)CC3)c(OCC(F)F)nc21. The molecule has 0 radical (unpaired) electrons. The normalized spacial score (nSPS) is 17.6. The molecule has 2 amide bonds. The summed E-state index contributed by atoms with van der Waals surface area (Å²) >= 11 is 0. The molecule has 0 spiro atoms. The van der Waals surface area contributed by atoms with Crippen LogP contribution < -0.4 is 20.7 Å². The predicted octanol–water partition coefficient (Wildman–Crippen LogP) is 6.50. The third-order valence-electron chi connectivity index (χ3n) is 7.41. The number of rotatable bonds is 10. The Morgan fingerprint density at radius 3 is 2.23 bits per heavy atom. The number of carbonyl (C=O) groups is 2. The lowest BCUT2D eigenvalue weighted by Gasteiger charge is -2.30. The van der Waals surface area contributed by atoms with Crippen molar-refractivity contribution in [2.24, 2.45) is 13.0 Å². The van der Waals surface area contributed by atoms with Crippen LogP contribution in [0.2, 0.25) is 0 Å². The Morgan fingerprint density at radius 2 is 1.66 bits per heavy atom. The Labute approximate surface area is 260 Å². The molecule has 258 valence electrons. The van der Waals surface area contributed by atoms with Gasteiger partial charge in [-0.1, -0.05) is 6.07 Å². The van der Waals surface area contributed by atoms with Crippen LogP contribution in [-0.2, 0) is 24.6 Å². The number of hydrogen-bond donors (Lipinski definition) is 3. The van der Waals surface area contributed by atoms with E-state index in [2.05, 4.69) is 20.6 Å². The minimum absolute atomic E-state index is 0.00161. The van der Waals surface area contributed by atoms with Gasteiger partial charge in [-0.25, -0.2) is 13.8 Å². The maximum absolute atomic E-state index is 13.8. The molecule has 0 saturated heterocycles. The highest BCUT2D eigenvalue weighted by molar-refractivity contribution is 5.99. The van der Waals surface area contributed by atoms with Crippen molar-refractivity contribution in [3.63, 3.8) is 0 Å². The molecule has 0 bridgehead atoms. The van der Waals surface area contributed by atoms with E-state index in [1.807, 2.05) is 5.32 Å². The van der Waals surface area contributed by atoms with Gasteiger partial charge in [-0.2, -0.15) is 40.1 Å². The number of aryl methyl sites for hydroxylation is 1. The van der Waals surface area contributed by atoms with Gasteiger partial charge in [-0.3, -0.25) is 14.2 Å². The van der Waals surface area contributed by atoms with Gasteiger partial charge in [0.1, 0.15) is 11.1 Å². The third kappa shape index (κ3) is 8.73. The van der Waals surface area contributed by atoms with Crippen LogP contribution in [0.5, 0.6) is 5.88 Å². The number of anilines is 2. The number of benzene rings is 1. The molecule has 1 fully saturated rings. The number of nitrogens with one attached hydrogen (secondary N) is 3. The molecule has 0 atom stereocenters. The van der Waals surface area contributed by atoms with Crippen molar-refractivity contribution in [1.29, 1.82) is 0 Å². The van der Waals surface area contributed by atoms with Crippen LogP contribution in [-0.4, -0.2) is 57.5 Å². The first-order valence-corrected chi connectivity index (χ1v) is 14.0. The number of halogens is 10. The number of hydrogen-bond acceptors (Lipinski definition) is 6. The fourth-order valence-electron chi connectivity index (χ4n) is 4.96. The summed E-state index contributed by atoms with van der Waals surface area (Å²) < 4.78 is 139. The number of ether oxygens (including phenoxy) is 1. The number of amides is 2. The summed E-state index contributed by atoms with van der Waals surface area (Å²) in [5.41, 5.74) is -2.35. The molecular weight excluding hydrogens is 658 g/mol. The van der Waals surface area contributed by atoms with E-state index in [0.29, 0.717) is 13.0 Å². The van der Waals surface area contributed by atoms with Crippen LogP contribution in [0.25, 0.3) is 11.2 Å². The van der Waals surface area contributed by atoms with E-state index in [4.69, 9.17) is 4.74 Å². The van der Waals surface area contributed by atoms with E-state index >= 15 is 0 Å². The molecule has 0 aliphatic heterocycles. The first-order chi connectivity index (χ1) is 21.7. The fraction of sp³-hybridized carbons (Fsp3) is 0.500. The van der Waals surface area contributed by atoms with Gasteiger partial charge < -0.3 is 20.7 Å². The van der Waals surface area contributed by atoms with E-state index in [-0.39, 0.29) is 53.9 Å². The van der Waals surface area contributed by atoms with Crippen LogP contribution in [0.4, 0.5) is 55.5 Å². The van der Waals surface area contributed by atoms with Crippen molar-refractivity contribution in [2.75, 3.05) is 11.9 Å². The molecule has 3 N–H and O–H groups in total. The number of imidazole rings is 1. The topological polar surface area (TPSA) is 110 Å². The molecule has 2 aromatic heterocycles. The van der Waals surface area contributed by atoms with Crippen LogP contribution in [0.1, 0.15) is 54.1 Å². The maximum Gasteiger partial charge on any atom is 0.418 e. The molecule has 1 aliphatic rings.